The largest absolute Gasteiger partial charge is 0.459 e. The van der Waals surface area contributed by atoms with Gasteiger partial charge < -0.3 is 10.5 Å². The smallest absolute Gasteiger partial charge is 0.350 e. The number of hydrogen-bond donors (Lipinski definition) is 1. The molecular weight excluding hydrogens is 260 g/mol. The van der Waals surface area contributed by atoms with Gasteiger partial charge in [-0.1, -0.05) is 0 Å². The van der Waals surface area contributed by atoms with E-state index in [1.807, 2.05) is 13.8 Å². The molecule has 0 saturated heterocycles. The molecule has 1 aliphatic rings. The minimum atomic E-state index is -0.351. The van der Waals surface area contributed by atoms with Gasteiger partial charge >= 0.3 is 5.97 Å². The Labute approximate surface area is 115 Å². The summed E-state index contributed by atoms with van der Waals surface area (Å²) in [5, 5.41) is 0.890. The van der Waals surface area contributed by atoms with Crippen molar-refractivity contribution in [3.8, 4) is 0 Å². The first-order chi connectivity index (χ1) is 9.06. The average Bonchev–Trinajstić information content (AvgIpc) is 2.91. The van der Waals surface area contributed by atoms with Crippen molar-refractivity contribution in [2.45, 2.75) is 39.2 Å². The van der Waals surface area contributed by atoms with Gasteiger partial charge in [-0.3, -0.25) is 0 Å². The van der Waals surface area contributed by atoms with Crippen LogP contribution in [0.4, 0.5) is 5.69 Å². The van der Waals surface area contributed by atoms with E-state index in [2.05, 4.69) is 11.1 Å². The van der Waals surface area contributed by atoms with Gasteiger partial charge in [0.05, 0.1) is 11.8 Å². The van der Waals surface area contributed by atoms with E-state index in [1.165, 1.54) is 16.9 Å². The first kappa shape index (κ1) is 12.4. The molecule has 0 aromatic carbocycles. The number of thiophene rings is 1. The van der Waals surface area contributed by atoms with Crippen LogP contribution in [0.25, 0.3) is 10.2 Å². The molecular formula is C14H16N2O2S. The third-order valence-corrected chi connectivity index (χ3v) is 4.37. The Hall–Kier alpha value is -1.62. The van der Waals surface area contributed by atoms with E-state index < -0.39 is 0 Å². The summed E-state index contributed by atoms with van der Waals surface area (Å²) in [7, 11) is 0. The zero-order valence-electron chi connectivity index (χ0n) is 11.0. The molecule has 0 spiro atoms. The molecule has 5 heteroatoms. The number of hydrogen-bond acceptors (Lipinski definition) is 5. The van der Waals surface area contributed by atoms with Crippen molar-refractivity contribution in [3.63, 3.8) is 0 Å². The van der Waals surface area contributed by atoms with Gasteiger partial charge in [-0.25, -0.2) is 9.78 Å². The number of fused-ring (bicyclic) bond motifs is 2. The van der Waals surface area contributed by atoms with Crippen molar-refractivity contribution >= 4 is 33.2 Å². The maximum absolute atomic E-state index is 12.0. The Morgan fingerprint density at radius 3 is 3.00 bits per heavy atom. The Morgan fingerprint density at radius 2 is 2.26 bits per heavy atom. The number of carbonyl (C=O) groups excluding carboxylic acids is 1. The summed E-state index contributed by atoms with van der Waals surface area (Å²) in [6.45, 7) is 3.66. The third kappa shape index (κ3) is 2.08. The van der Waals surface area contributed by atoms with E-state index >= 15 is 0 Å². The molecule has 0 unspecified atom stereocenters. The van der Waals surface area contributed by atoms with Crippen LogP contribution in [0.1, 0.15) is 41.2 Å². The molecule has 2 aromatic heterocycles. The highest BCUT2D eigenvalue weighted by Gasteiger charge is 2.22. The second kappa shape index (κ2) is 4.49. The number of anilines is 1. The summed E-state index contributed by atoms with van der Waals surface area (Å²) in [5.41, 5.74) is 9.00. The van der Waals surface area contributed by atoms with Crippen molar-refractivity contribution in [1.82, 2.24) is 4.98 Å². The maximum Gasteiger partial charge on any atom is 0.350 e. The van der Waals surface area contributed by atoms with E-state index in [0.29, 0.717) is 10.6 Å². The van der Waals surface area contributed by atoms with E-state index in [-0.39, 0.29) is 12.1 Å². The molecule has 0 aliphatic heterocycles. The highest BCUT2D eigenvalue weighted by atomic mass is 32.1. The lowest BCUT2D eigenvalue weighted by molar-refractivity contribution is 0.0385. The molecule has 0 radical (unpaired) electrons. The van der Waals surface area contributed by atoms with E-state index in [4.69, 9.17) is 10.5 Å². The lowest BCUT2D eigenvalue weighted by Crippen LogP contribution is -2.11. The van der Waals surface area contributed by atoms with Crippen LogP contribution >= 0.6 is 11.3 Å². The maximum atomic E-state index is 12.0. The Bertz CT molecular complexity index is 661. The van der Waals surface area contributed by atoms with Crippen molar-refractivity contribution in [3.05, 3.63) is 22.2 Å². The quantitative estimate of drug-likeness (QED) is 0.856. The third-order valence-electron chi connectivity index (χ3n) is 3.28. The van der Waals surface area contributed by atoms with Gasteiger partial charge in [-0.15, -0.1) is 11.3 Å². The number of nitrogen functional groups attached to an aromatic ring is 1. The van der Waals surface area contributed by atoms with Crippen LogP contribution < -0.4 is 5.73 Å². The predicted octanol–water partition coefficient (Wildman–Crippen LogP) is 2.93. The van der Waals surface area contributed by atoms with Crippen molar-refractivity contribution in [2.75, 3.05) is 5.73 Å². The van der Waals surface area contributed by atoms with Crippen LogP contribution in [0.2, 0.25) is 0 Å². The van der Waals surface area contributed by atoms with E-state index in [1.54, 1.807) is 0 Å². The van der Waals surface area contributed by atoms with Crippen LogP contribution in [-0.4, -0.2) is 17.1 Å². The number of rotatable bonds is 2. The van der Waals surface area contributed by atoms with Gasteiger partial charge in [0.25, 0.3) is 0 Å². The fraction of sp³-hybridized carbons (Fsp3) is 0.429. The zero-order chi connectivity index (χ0) is 13.6. The summed E-state index contributed by atoms with van der Waals surface area (Å²) in [6, 6.07) is 2.09. The first-order valence-corrected chi connectivity index (χ1v) is 7.29. The molecule has 19 heavy (non-hydrogen) atoms. The van der Waals surface area contributed by atoms with Gasteiger partial charge in [-0.2, -0.15) is 0 Å². The molecule has 4 nitrogen and oxygen atoms in total. The van der Waals surface area contributed by atoms with E-state index in [9.17, 15) is 4.79 Å². The van der Waals surface area contributed by atoms with Gasteiger partial charge in [0.15, 0.2) is 0 Å². The Kier molecular flexibility index (Phi) is 2.93. The average molecular weight is 276 g/mol. The second-order valence-corrected chi connectivity index (χ2v) is 6.10. The number of ether oxygens (including phenoxy) is 1. The van der Waals surface area contributed by atoms with Gasteiger partial charge in [0.2, 0.25) is 0 Å². The summed E-state index contributed by atoms with van der Waals surface area (Å²) in [5.74, 6) is -0.351. The Morgan fingerprint density at radius 1 is 1.47 bits per heavy atom. The molecule has 0 atom stereocenters. The molecule has 3 rings (SSSR count). The van der Waals surface area contributed by atoms with Crippen LogP contribution in [-0.2, 0) is 17.6 Å². The number of pyridine rings is 1. The van der Waals surface area contributed by atoms with Gasteiger partial charge in [0.1, 0.15) is 9.71 Å². The van der Waals surface area contributed by atoms with Crippen LogP contribution in [0.15, 0.2) is 6.07 Å². The lowest BCUT2D eigenvalue weighted by atomic mass is 10.1. The predicted molar refractivity (Wildman–Crippen MR) is 76.6 cm³/mol. The molecule has 0 amide bonds. The second-order valence-electron chi connectivity index (χ2n) is 5.10. The molecule has 0 fully saturated rings. The highest BCUT2D eigenvalue weighted by molar-refractivity contribution is 7.21. The number of carbonyl (C=O) groups is 1. The van der Waals surface area contributed by atoms with Crippen LogP contribution in [0, 0.1) is 0 Å². The van der Waals surface area contributed by atoms with Crippen LogP contribution in [0.5, 0.6) is 0 Å². The van der Waals surface area contributed by atoms with Crippen LogP contribution in [0.3, 0.4) is 0 Å². The highest BCUT2D eigenvalue weighted by Crippen LogP contribution is 2.36. The summed E-state index contributed by atoms with van der Waals surface area (Å²) >= 11 is 1.33. The summed E-state index contributed by atoms with van der Waals surface area (Å²) in [4.78, 5) is 17.9. The zero-order valence-corrected chi connectivity index (χ0v) is 11.8. The summed E-state index contributed by atoms with van der Waals surface area (Å²) < 4.78 is 5.21. The normalized spacial score (nSPS) is 14.1. The SMILES string of the molecule is CC(C)OC(=O)c1sc2nc3c(cc2c1N)CCC3. The molecule has 0 bridgehead atoms. The van der Waals surface area contributed by atoms with Crippen molar-refractivity contribution in [2.24, 2.45) is 0 Å². The number of nitrogens with two attached hydrogens (primary N) is 1. The molecule has 100 valence electrons. The molecule has 1 aliphatic carbocycles. The Balaban J connectivity index is 2.08. The number of aryl methyl sites for hydroxylation is 2. The molecule has 2 aromatic rings. The number of esters is 1. The topological polar surface area (TPSA) is 65.2 Å². The van der Waals surface area contributed by atoms with Crippen molar-refractivity contribution in [1.29, 1.82) is 0 Å². The van der Waals surface area contributed by atoms with E-state index in [0.717, 1.165) is 35.2 Å². The summed E-state index contributed by atoms with van der Waals surface area (Å²) in [6.07, 6.45) is 3.09. The standard InChI is InChI=1S/C14H16N2O2S/c1-7(2)18-14(17)12-11(15)9-6-8-4-3-5-10(8)16-13(9)19-12/h6-7H,3-5,15H2,1-2H3. The minimum absolute atomic E-state index is 0.143. The fourth-order valence-corrected chi connectivity index (χ4v) is 3.40. The van der Waals surface area contributed by atoms with Gasteiger partial charge in [-0.05, 0) is 44.7 Å². The number of aromatic nitrogens is 1. The number of nitrogens with zero attached hydrogens (tertiary/aromatic N) is 1. The molecule has 0 saturated carbocycles. The lowest BCUT2D eigenvalue weighted by Gasteiger charge is -2.06. The van der Waals surface area contributed by atoms with Crippen molar-refractivity contribution < 1.29 is 9.53 Å². The fourth-order valence-electron chi connectivity index (χ4n) is 2.42. The molecule has 2 N–H and O–H groups in total. The monoisotopic (exact) mass is 276 g/mol. The van der Waals surface area contributed by atoms with Gasteiger partial charge in [0, 0.05) is 11.1 Å². The minimum Gasteiger partial charge on any atom is -0.459 e. The molecule has 2 heterocycles. The first-order valence-electron chi connectivity index (χ1n) is 6.48.